The van der Waals surface area contributed by atoms with Crippen LogP contribution >= 0.6 is 23.3 Å². The van der Waals surface area contributed by atoms with E-state index < -0.39 is 0 Å². The zero-order chi connectivity index (χ0) is 19.8. The van der Waals surface area contributed by atoms with Crippen LogP contribution < -0.4 is 4.31 Å². The Morgan fingerprint density at radius 2 is 2.21 bits per heavy atom. The van der Waals surface area contributed by atoms with Crippen LogP contribution in [0.3, 0.4) is 0 Å². The molecule has 154 valence electrons. The highest BCUT2D eigenvalue weighted by atomic mass is 32.2. The van der Waals surface area contributed by atoms with Gasteiger partial charge in [-0.25, -0.2) is 9.37 Å². The molecule has 2 fully saturated rings. The van der Waals surface area contributed by atoms with E-state index in [0.29, 0.717) is 6.04 Å². The van der Waals surface area contributed by atoms with Gasteiger partial charge < -0.3 is 4.31 Å². The fourth-order valence-electron chi connectivity index (χ4n) is 4.93. The first-order valence-corrected chi connectivity index (χ1v) is 12.4. The van der Waals surface area contributed by atoms with E-state index in [0.717, 1.165) is 44.0 Å². The lowest BCUT2D eigenvalue weighted by Gasteiger charge is -2.47. The molecule has 1 saturated heterocycles. The Morgan fingerprint density at radius 1 is 1.31 bits per heavy atom. The second kappa shape index (κ2) is 8.05. The van der Waals surface area contributed by atoms with Gasteiger partial charge in [0.1, 0.15) is 5.82 Å². The molecule has 6 heteroatoms. The second-order valence-corrected chi connectivity index (χ2v) is 10.6. The highest BCUT2D eigenvalue weighted by Crippen LogP contribution is 2.46. The molecule has 0 amide bonds. The Hall–Kier alpha value is -1.37. The first kappa shape index (κ1) is 19.6. The smallest absolute Gasteiger partial charge is 0.125 e. The first-order valence-electron chi connectivity index (χ1n) is 10.7. The van der Waals surface area contributed by atoms with Crippen molar-refractivity contribution in [3.05, 3.63) is 57.6 Å². The number of nitrogens with zero attached hydrogens (tertiary/aromatic N) is 3. The predicted octanol–water partition coefficient (Wildman–Crippen LogP) is 6.03. The molecule has 2 atom stereocenters. The number of halogens is 1. The van der Waals surface area contributed by atoms with Crippen LogP contribution in [-0.4, -0.2) is 28.0 Å². The average Bonchev–Trinajstić information content (AvgIpc) is 3.27. The molecule has 3 heterocycles. The van der Waals surface area contributed by atoms with Crippen molar-refractivity contribution in [3.63, 3.8) is 0 Å². The van der Waals surface area contributed by atoms with E-state index in [1.54, 1.807) is 18.0 Å². The molecule has 0 unspecified atom stereocenters. The van der Waals surface area contributed by atoms with Gasteiger partial charge >= 0.3 is 0 Å². The molecule has 2 aliphatic heterocycles. The monoisotopic (exact) mass is 429 g/mol. The minimum absolute atomic E-state index is 0.0170. The fourth-order valence-corrected chi connectivity index (χ4v) is 6.85. The summed E-state index contributed by atoms with van der Waals surface area (Å²) >= 11 is 3.52. The maximum atomic E-state index is 13.8. The van der Waals surface area contributed by atoms with Gasteiger partial charge in [-0.3, -0.25) is 4.90 Å². The summed E-state index contributed by atoms with van der Waals surface area (Å²) in [5.74, 6) is 0.693. The summed E-state index contributed by atoms with van der Waals surface area (Å²) in [7, 11) is 0. The molecule has 1 spiro atoms. The summed E-state index contributed by atoms with van der Waals surface area (Å²) in [4.78, 5) is 8.76. The molecular weight excluding hydrogens is 401 g/mol. The van der Waals surface area contributed by atoms with Crippen molar-refractivity contribution in [1.29, 1.82) is 0 Å². The highest BCUT2D eigenvalue weighted by molar-refractivity contribution is 8.03. The van der Waals surface area contributed by atoms with Crippen molar-refractivity contribution < 1.29 is 4.39 Å². The Balaban J connectivity index is 1.28. The van der Waals surface area contributed by atoms with Gasteiger partial charge in [-0.2, -0.15) is 0 Å². The largest absolute Gasteiger partial charge is 0.302 e. The lowest BCUT2D eigenvalue weighted by atomic mass is 9.81. The highest BCUT2D eigenvalue weighted by Gasteiger charge is 2.44. The molecular formula is C23H28FN3S2. The zero-order valence-electron chi connectivity index (χ0n) is 16.9. The fraction of sp³-hybridized carbons (Fsp3) is 0.522. The van der Waals surface area contributed by atoms with Crippen LogP contribution in [0.2, 0.25) is 0 Å². The molecule has 0 bridgehead atoms. The van der Waals surface area contributed by atoms with E-state index in [2.05, 4.69) is 27.6 Å². The number of hydrogen-bond acceptors (Lipinski definition) is 5. The third kappa shape index (κ3) is 3.87. The van der Waals surface area contributed by atoms with Crippen LogP contribution in [0.25, 0.3) is 0 Å². The number of anilines is 1. The number of benzene rings is 1. The van der Waals surface area contributed by atoms with Gasteiger partial charge in [-0.1, -0.05) is 25.3 Å². The first-order chi connectivity index (χ1) is 14.1. The minimum Gasteiger partial charge on any atom is -0.302 e. The van der Waals surface area contributed by atoms with Gasteiger partial charge in [0.05, 0.1) is 22.4 Å². The molecule has 0 radical (unpaired) electrons. The summed E-state index contributed by atoms with van der Waals surface area (Å²) in [6, 6.07) is 7.48. The van der Waals surface area contributed by atoms with Crippen LogP contribution in [-0.2, 0) is 13.0 Å². The van der Waals surface area contributed by atoms with E-state index >= 15 is 0 Å². The summed E-state index contributed by atoms with van der Waals surface area (Å²) in [6.07, 6.45) is 9.77. The van der Waals surface area contributed by atoms with Crippen molar-refractivity contribution in [2.24, 2.45) is 5.92 Å². The molecule has 5 rings (SSSR count). The van der Waals surface area contributed by atoms with E-state index in [1.807, 2.05) is 29.0 Å². The van der Waals surface area contributed by atoms with Crippen molar-refractivity contribution in [1.82, 2.24) is 9.88 Å². The normalized spacial score (nSPS) is 27.7. The summed E-state index contributed by atoms with van der Waals surface area (Å²) in [5.41, 5.74) is 4.31. The maximum Gasteiger partial charge on any atom is 0.125 e. The Labute approximate surface area is 181 Å². The van der Waals surface area contributed by atoms with Gasteiger partial charge in [-0.15, -0.1) is 11.3 Å². The SMILES string of the molecule is C[C@H]1C[C@@]2(C=CSN2c2cccc(F)c2)CCN1Cc1scnc1CC1CCC1. The lowest BCUT2D eigenvalue weighted by molar-refractivity contribution is 0.121. The number of likely N-dealkylation sites (tertiary alicyclic amines) is 1. The van der Waals surface area contributed by atoms with E-state index in [1.165, 1.54) is 35.9 Å². The van der Waals surface area contributed by atoms with Gasteiger partial charge in [0.25, 0.3) is 0 Å². The summed E-state index contributed by atoms with van der Waals surface area (Å²) < 4.78 is 16.1. The van der Waals surface area contributed by atoms with E-state index in [-0.39, 0.29) is 11.4 Å². The zero-order valence-corrected chi connectivity index (χ0v) is 18.5. The van der Waals surface area contributed by atoms with E-state index in [9.17, 15) is 4.39 Å². The lowest BCUT2D eigenvalue weighted by Crippen LogP contribution is -2.53. The van der Waals surface area contributed by atoms with Gasteiger partial charge in [0.15, 0.2) is 0 Å². The van der Waals surface area contributed by atoms with Crippen molar-refractivity contribution in [2.75, 3.05) is 10.8 Å². The average molecular weight is 430 g/mol. The molecule has 2 aromatic rings. The Bertz CT molecular complexity index is 894. The third-order valence-corrected chi connectivity index (χ3v) is 8.78. The van der Waals surface area contributed by atoms with Crippen LogP contribution in [0.15, 0.2) is 41.3 Å². The molecule has 1 aromatic heterocycles. The molecule has 3 aliphatic rings. The van der Waals surface area contributed by atoms with Crippen molar-refractivity contribution in [3.8, 4) is 0 Å². The molecule has 1 saturated carbocycles. The Kier molecular flexibility index (Phi) is 5.43. The molecule has 0 N–H and O–H groups in total. The van der Waals surface area contributed by atoms with Gasteiger partial charge in [0, 0.05) is 24.0 Å². The standard InChI is InChI=1S/C23H28FN3S2/c1-17-14-23(9-11-29-27(23)20-7-3-6-19(24)13-20)8-10-26(17)15-22-21(25-16-28-22)12-18-4-2-5-18/h3,6-7,9,11,13,16-18H,2,4-5,8,10,12,14-15H2,1H3/t17-,23-/m0/s1. The maximum absolute atomic E-state index is 13.8. The van der Waals surface area contributed by atoms with Crippen LogP contribution in [0.5, 0.6) is 0 Å². The summed E-state index contributed by atoms with van der Waals surface area (Å²) in [5, 5.41) is 2.17. The number of rotatable bonds is 5. The van der Waals surface area contributed by atoms with Crippen LogP contribution in [0, 0.1) is 11.7 Å². The molecule has 29 heavy (non-hydrogen) atoms. The summed E-state index contributed by atoms with van der Waals surface area (Å²) in [6.45, 7) is 4.41. The topological polar surface area (TPSA) is 19.4 Å². The number of hydrogen-bond donors (Lipinski definition) is 0. The third-order valence-electron chi connectivity index (χ3n) is 6.87. The molecule has 3 nitrogen and oxygen atoms in total. The molecule has 1 aromatic carbocycles. The van der Waals surface area contributed by atoms with Crippen LogP contribution in [0.1, 0.15) is 49.6 Å². The predicted molar refractivity (Wildman–Crippen MR) is 121 cm³/mol. The Morgan fingerprint density at radius 3 is 2.97 bits per heavy atom. The van der Waals surface area contributed by atoms with Gasteiger partial charge in [-0.05, 0) is 73.7 Å². The minimum atomic E-state index is -0.167. The van der Waals surface area contributed by atoms with Crippen LogP contribution in [0.4, 0.5) is 10.1 Å². The van der Waals surface area contributed by atoms with Gasteiger partial charge in [0.2, 0.25) is 0 Å². The van der Waals surface area contributed by atoms with Crippen molar-refractivity contribution in [2.45, 2.75) is 63.6 Å². The molecule has 1 aliphatic carbocycles. The van der Waals surface area contributed by atoms with Crippen molar-refractivity contribution >= 4 is 29.0 Å². The number of aromatic nitrogens is 1. The van der Waals surface area contributed by atoms with E-state index in [4.69, 9.17) is 4.98 Å². The quantitative estimate of drug-likeness (QED) is 0.540. The number of thiazole rings is 1. The second-order valence-electron chi connectivity index (χ2n) is 8.78. The number of piperidine rings is 1.